The predicted molar refractivity (Wildman–Crippen MR) is 84.9 cm³/mol. The first kappa shape index (κ1) is 18.4. The summed E-state index contributed by atoms with van der Waals surface area (Å²) in [5, 5.41) is 17.3. The Kier molecular flexibility index (Phi) is 8.77. The monoisotopic (exact) mass is 330 g/mol. The van der Waals surface area contributed by atoms with E-state index < -0.39 is 0 Å². The lowest BCUT2D eigenvalue weighted by Gasteiger charge is -2.03. The Morgan fingerprint density at radius 3 is 2.26 bits per heavy atom. The second-order valence-electron chi connectivity index (χ2n) is 4.17. The van der Waals surface area contributed by atoms with Gasteiger partial charge in [0.15, 0.2) is 0 Å². The molecule has 0 fully saturated rings. The molecule has 2 rings (SSSR count). The Hall–Kier alpha value is -2.67. The molecule has 7 heteroatoms. The molecule has 2 heterocycles. The van der Waals surface area contributed by atoms with E-state index in [4.69, 9.17) is 31.6 Å². The van der Waals surface area contributed by atoms with E-state index >= 15 is 0 Å². The van der Waals surface area contributed by atoms with Crippen LogP contribution in [-0.2, 0) is 4.74 Å². The highest BCUT2D eigenvalue weighted by atomic mass is 35.5. The van der Waals surface area contributed by atoms with E-state index in [-0.39, 0.29) is 0 Å². The van der Waals surface area contributed by atoms with Crippen molar-refractivity contribution in [3.05, 3.63) is 52.9 Å². The van der Waals surface area contributed by atoms with Gasteiger partial charge in [0.05, 0.1) is 29.9 Å². The normalized spacial score (nSPS) is 9.04. The lowest BCUT2D eigenvalue weighted by Crippen LogP contribution is -2.02. The fraction of sp³-hybridized carbons (Fsp3) is 0.250. The number of rotatable bonds is 5. The fourth-order valence-electron chi connectivity index (χ4n) is 1.41. The largest absolute Gasteiger partial charge is 0.478 e. The quantitative estimate of drug-likeness (QED) is 0.618. The molecule has 0 amide bonds. The first-order valence-corrected chi connectivity index (χ1v) is 7.07. The van der Waals surface area contributed by atoms with Gasteiger partial charge in [0.1, 0.15) is 5.15 Å². The molecule has 0 radical (unpaired) electrons. The van der Waals surface area contributed by atoms with Crippen LogP contribution in [0.25, 0.3) is 0 Å². The molecule has 0 spiro atoms. The van der Waals surface area contributed by atoms with Crippen LogP contribution in [0, 0.1) is 22.7 Å². The van der Waals surface area contributed by atoms with Gasteiger partial charge < -0.3 is 9.47 Å². The number of halogens is 1. The lowest BCUT2D eigenvalue weighted by atomic mass is 10.3. The fourth-order valence-corrected chi connectivity index (χ4v) is 1.58. The summed E-state index contributed by atoms with van der Waals surface area (Å²) in [6.45, 7) is 1.22. The highest BCUT2D eigenvalue weighted by molar-refractivity contribution is 6.29. The maximum atomic E-state index is 8.62. The Balaban J connectivity index is 0.000000253. The first-order valence-electron chi connectivity index (χ1n) is 6.69. The summed E-state index contributed by atoms with van der Waals surface area (Å²) in [7, 11) is 1.65. The molecule has 0 aromatic carbocycles. The molecule has 0 bridgehead atoms. The molecule has 0 saturated heterocycles. The van der Waals surface area contributed by atoms with Crippen molar-refractivity contribution >= 4 is 11.6 Å². The second-order valence-corrected chi connectivity index (χ2v) is 4.56. The van der Waals surface area contributed by atoms with Crippen LogP contribution in [0.2, 0.25) is 5.15 Å². The molecule has 0 aliphatic carbocycles. The van der Waals surface area contributed by atoms with Crippen LogP contribution < -0.4 is 4.74 Å². The molecular formula is C16H15ClN4O2. The van der Waals surface area contributed by atoms with Gasteiger partial charge in [-0.25, -0.2) is 9.97 Å². The van der Waals surface area contributed by atoms with Gasteiger partial charge in [-0.2, -0.15) is 10.5 Å². The third-order valence-electron chi connectivity index (χ3n) is 2.46. The van der Waals surface area contributed by atoms with Crippen molar-refractivity contribution in [1.29, 1.82) is 10.5 Å². The average Bonchev–Trinajstić information content (AvgIpc) is 2.59. The minimum Gasteiger partial charge on any atom is -0.478 e. The van der Waals surface area contributed by atoms with Gasteiger partial charge in [-0.15, -0.1) is 0 Å². The van der Waals surface area contributed by atoms with Gasteiger partial charge in [-0.05, 0) is 18.2 Å². The van der Waals surface area contributed by atoms with Crippen LogP contribution >= 0.6 is 11.6 Å². The molecule has 2 aromatic heterocycles. The van der Waals surface area contributed by atoms with Crippen LogP contribution in [0.5, 0.6) is 5.88 Å². The molecule has 6 nitrogen and oxygen atoms in total. The van der Waals surface area contributed by atoms with Crippen LogP contribution in [0.15, 0.2) is 36.7 Å². The molecule has 0 aliphatic heterocycles. The van der Waals surface area contributed by atoms with Crippen LogP contribution in [0.3, 0.4) is 0 Å². The molecule has 0 N–H and O–H groups in total. The summed E-state index contributed by atoms with van der Waals surface area (Å²) < 4.78 is 10.2. The van der Waals surface area contributed by atoms with Crippen molar-refractivity contribution in [2.45, 2.75) is 6.42 Å². The number of hydrogen-bond donors (Lipinski definition) is 0. The molecular weight excluding hydrogens is 316 g/mol. The van der Waals surface area contributed by atoms with Crippen molar-refractivity contribution in [3.63, 3.8) is 0 Å². The third kappa shape index (κ3) is 7.77. The molecule has 118 valence electrons. The van der Waals surface area contributed by atoms with Crippen LogP contribution in [0.1, 0.15) is 17.5 Å². The van der Waals surface area contributed by atoms with Gasteiger partial charge in [0.2, 0.25) is 5.88 Å². The van der Waals surface area contributed by atoms with E-state index in [1.165, 1.54) is 12.3 Å². The number of pyridine rings is 2. The third-order valence-corrected chi connectivity index (χ3v) is 2.67. The zero-order valence-electron chi connectivity index (χ0n) is 12.6. The predicted octanol–water partition coefficient (Wildman–Crippen LogP) is 2.98. The van der Waals surface area contributed by atoms with Crippen molar-refractivity contribution in [1.82, 2.24) is 9.97 Å². The van der Waals surface area contributed by atoms with Crippen molar-refractivity contribution in [2.24, 2.45) is 0 Å². The molecule has 0 atom stereocenters. The number of ether oxygens (including phenoxy) is 2. The van der Waals surface area contributed by atoms with Gasteiger partial charge in [0.25, 0.3) is 0 Å². The molecule has 0 saturated carbocycles. The molecule has 23 heavy (non-hydrogen) atoms. The van der Waals surface area contributed by atoms with E-state index in [1.54, 1.807) is 31.5 Å². The topological polar surface area (TPSA) is 91.8 Å². The van der Waals surface area contributed by atoms with E-state index in [1.807, 2.05) is 12.1 Å². The molecule has 0 aliphatic rings. The van der Waals surface area contributed by atoms with Crippen molar-refractivity contribution in [3.8, 4) is 18.0 Å². The number of hydrogen-bond acceptors (Lipinski definition) is 6. The van der Waals surface area contributed by atoms with Crippen LogP contribution in [-0.4, -0.2) is 30.3 Å². The average molecular weight is 331 g/mol. The van der Waals surface area contributed by atoms with Crippen molar-refractivity contribution in [2.75, 3.05) is 20.3 Å². The standard InChI is InChI=1S/C10H12N2O2.C6H3ClN2/c1-13-5-2-6-14-10-7-9(8-11)3-4-12-10;7-6-3-5(4-8)1-2-9-6/h3-4,7H,2,5-6H2,1H3;1-3H. The molecule has 2 aromatic rings. The zero-order chi connectivity index (χ0) is 16.9. The van der Waals surface area contributed by atoms with Gasteiger partial charge in [-0.3, -0.25) is 0 Å². The Bertz CT molecular complexity index is 695. The Labute approximate surface area is 139 Å². The number of methoxy groups -OCH3 is 1. The zero-order valence-corrected chi connectivity index (χ0v) is 13.3. The number of aromatic nitrogens is 2. The van der Waals surface area contributed by atoms with Gasteiger partial charge in [0, 0.05) is 38.6 Å². The van der Waals surface area contributed by atoms with Gasteiger partial charge in [-0.1, -0.05) is 11.6 Å². The Morgan fingerprint density at radius 1 is 1.04 bits per heavy atom. The highest BCUT2D eigenvalue weighted by Gasteiger charge is 1.96. The van der Waals surface area contributed by atoms with Crippen molar-refractivity contribution < 1.29 is 9.47 Å². The van der Waals surface area contributed by atoms with E-state index in [9.17, 15) is 0 Å². The minimum absolute atomic E-state index is 0.356. The van der Waals surface area contributed by atoms with E-state index in [2.05, 4.69) is 9.97 Å². The summed E-state index contributed by atoms with van der Waals surface area (Å²) in [4.78, 5) is 7.67. The van der Waals surface area contributed by atoms with Gasteiger partial charge >= 0.3 is 0 Å². The summed E-state index contributed by atoms with van der Waals surface area (Å²) in [6.07, 6.45) is 3.88. The number of nitrogens with zero attached hydrogens (tertiary/aromatic N) is 4. The van der Waals surface area contributed by atoms with Crippen LogP contribution in [0.4, 0.5) is 0 Å². The summed E-state index contributed by atoms with van der Waals surface area (Å²) in [5.74, 6) is 0.486. The summed E-state index contributed by atoms with van der Waals surface area (Å²) >= 11 is 5.46. The smallest absolute Gasteiger partial charge is 0.214 e. The molecule has 0 unspecified atom stereocenters. The SMILES string of the molecule is COCCCOc1cc(C#N)ccn1.N#Cc1ccnc(Cl)c1. The summed E-state index contributed by atoms with van der Waals surface area (Å²) in [5.41, 5.74) is 1.09. The minimum atomic E-state index is 0.356. The maximum absolute atomic E-state index is 8.62. The maximum Gasteiger partial charge on any atom is 0.214 e. The highest BCUT2D eigenvalue weighted by Crippen LogP contribution is 2.08. The van der Waals surface area contributed by atoms with E-state index in [0.717, 1.165) is 6.42 Å². The second kappa shape index (κ2) is 11.0. The number of nitriles is 2. The first-order chi connectivity index (χ1) is 11.2. The summed E-state index contributed by atoms with van der Waals surface area (Å²) in [6, 6.07) is 10.3. The lowest BCUT2D eigenvalue weighted by molar-refractivity contribution is 0.170. The van der Waals surface area contributed by atoms with E-state index in [0.29, 0.717) is 35.4 Å². The Morgan fingerprint density at radius 2 is 1.70 bits per heavy atom.